The smallest absolute Gasteiger partial charge is 0.376 e. The van der Waals surface area contributed by atoms with E-state index in [2.05, 4.69) is 10.6 Å². The van der Waals surface area contributed by atoms with Gasteiger partial charge in [-0.25, -0.2) is 0 Å². The van der Waals surface area contributed by atoms with Gasteiger partial charge in [0.2, 0.25) is 5.91 Å². The number of amides is 1. The van der Waals surface area contributed by atoms with Gasteiger partial charge in [0.25, 0.3) is 0 Å². The molecule has 1 amide bonds. The molecule has 0 aliphatic rings. The Morgan fingerprint density at radius 3 is 2.57 bits per heavy atom. The molecule has 0 bridgehead atoms. The molecule has 7 heteroatoms. The number of aryl methyl sites for hydroxylation is 1. The van der Waals surface area contributed by atoms with Gasteiger partial charge in [-0.05, 0) is 42.8 Å². The summed E-state index contributed by atoms with van der Waals surface area (Å²) in [6, 6.07) is 10.0. The van der Waals surface area contributed by atoms with Gasteiger partial charge in [-0.1, -0.05) is 23.7 Å². The van der Waals surface area contributed by atoms with Crippen LogP contribution in [-0.2, 0) is 11.0 Å². The summed E-state index contributed by atoms with van der Waals surface area (Å²) in [5.41, 5.74) is 0.529. The van der Waals surface area contributed by atoms with Gasteiger partial charge in [0.1, 0.15) is 0 Å². The Bertz CT molecular complexity index is 717. The van der Waals surface area contributed by atoms with Gasteiger partial charge >= 0.3 is 6.18 Å². The molecule has 0 radical (unpaired) electrons. The van der Waals surface area contributed by atoms with E-state index in [1.807, 2.05) is 0 Å². The Kier molecular flexibility index (Phi) is 5.15. The molecule has 0 spiro atoms. The van der Waals surface area contributed by atoms with E-state index in [0.29, 0.717) is 16.3 Å². The number of hydrogen-bond donors (Lipinski definition) is 2. The van der Waals surface area contributed by atoms with Crippen LogP contribution in [0.3, 0.4) is 0 Å². The van der Waals surface area contributed by atoms with E-state index in [1.165, 1.54) is 6.07 Å². The van der Waals surface area contributed by atoms with Gasteiger partial charge in [0, 0.05) is 16.4 Å². The lowest BCUT2D eigenvalue weighted by atomic mass is 10.1. The van der Waals surface area contributed by atoms with Crippen LogP contribution in [0.2, 0.25) is 5.02 Å². The summed E-state index contributed by atoms with van der Waals surface area (Å²) < 4.78 is 38.1. The van der Waals surface area contributed by atoms with Crippen LogP contribution in [0.1, 0.15) is 11.1 Å². The highest BCUT2D eigenvalue weighted by molar-refractivity contribution is 6.30. The molecule has 0 aliphatic carbocycles. The van der Waals surface area contributed by atoms with Crippen molar-refractivity contribution < 1.29 is 18.0 Å². The van der Waals surface area contributed by atoms with Crippen molar-refractivity contribution in [2.75, 3.05) is 17.2 Å². The van der Waals surface area contributed by atoms with Crippen molar-refractivity contribution in [3.8, 4) is 0 Å². The Hall–Kier alpha value is -2.21. The summed E-state index contributed by atoms with van der Waals surface area (Å²) in [6.07, 6.45) is -4.45. The minimum absolute atomic E-state index is 0.0873. The monoisotopic (exact) mass is 342 g/mol. The Labute approximate surface area is 136 Å². The predicted octanol–water partition coefficient (Wildman–Crippen LogP) is 4.72. The molecule has 3 nitrogen and oxygen atoms in total. The van der Waals surface area contributed by atoms with E-state index < -0.39 is 17.6 Å². The molecule has 0 atom stereocenters. The molecule has 2 rings (SSSR count). The molecule has 122 valence electrons. The van der Waals surface area contributed by atoms with E-state index in [9.17, 15) is 18.0 Å². The van der Waals surface area contributed by atoms with Crippen LogP contribution in [0.25, 0.3) is 0 Å². The quantitative estimate of drug-likeness (QED) is 0.844. The number of rotatable bonds is 4. The number of benzene rings is 2. The second-order valence-electron chi connectivity index (χ2n) is 4.94. The molecule has 0 unspecified atom stereocenters. The predicted molar refractivity (Wildman–Crippen MR) is 84.8 cm³/mol. The van der Waals surface area contributed by atoms with Crippen molar-refractivity contribution in [2.45, 2.75) is 13.1 Å². The second-order valence-corrected chi connectivity index (χ2v) is 5.38. The first kappa shape index (κ1) is 17.1. The molecule has 2 aromatic rings. The molecular formula is C16H14ClF3N2O. The summed E-state index contributed by atoms with van der Waals surface area (Å²) in [4.78, 5) is 11.9. The molecule has 0 saturated carbocycles. The lowest BCUT2D eigenvalue weighted by Crippen LogP contribution is -2.22. The molecule has 0 saturated heterocycles. The Balaban J connectivity index is 2.02. The maximum atomic E-state index is 12.7. The van der Waals surface area contributed by atoms with Gasteiger partial charge in [-0.15, -0.1) is 0 Å². The SMILES string of the molecule is Cc1ccc(C(F)(F)F)cc1NC(=O)CNc1cccc(Cl)c1. The minimum atomic E-state index is -4.45. The fraction of sp³-hybridized carbons (Fsp3) is 0.188. The zero-order chi connectivity index (χ0) is 17.0. The van der Waals surface area contributed by atoms with E-state index in [4.69, 9.17) is 11.6 Å². The van der Waals surface area contributed by atoms with Crippen LogP contribution in [0.4, 0.5) is 24.5 Å². The van der Waals surface area contributed by atoms with Gasteiger partial charge in [0.05, 0.1) is 12.1 Å². The number of alkyl halides is 3. The number of carbonyl (C=O) groups is 1. The van der Waals surface area contributed by atoms with Crippen molar-refractivity contribution in [3.63, 3.8) is 0 Å². The Morgan fingerprint density at radius 1 is 1.17 bits per heavy atom. The van der Waals surface area contributed by atoms with Gasteiger partial charge in [-0.3, -0.25) is 4.79 Å². The fourth-order valence-electron chi connectivity index (χ4n) is 1.91. The highest BCUT2D eigenvalue weighted by Gasteiger charge is 2.30. The van der Waals surface area contributed by atoms with E-state index in [0.717, 1.165) is 12.1 Å². The summed E-state index contributed by atoms with van der Waals surface area (Å²) in [6.45, 7) is 1.54. The summed E-state index contributed by atoms with van der Waals surface area (Å²) in [5, 5.41) is 5.84. The topological polar surface area (TPSA) is 41.1 Å². The maximum absolute atomic E-state index is 12.7. The lowest BCUT2D eigenvalue weighted by Gasteiger charge is -2.13. The molecule has 2 N–H and O–H groups in total. The number of carbonyl (C=O) groups excluding carboxylic acids is 1. The largest absolute Gasteiger partial charge is 0.416 e. The van der Waals surface area contributed by atoms with E-state index >= 15 is 0 Å². The number of hydrogen-bond acceptors (Lipinski definition) is 2. The second kappa shape index (κ2) is 6.91. The van der Waals surface area contributed by atoms with Gasteiger partial charge in [0.15, 0.2) is 0 Å². The minimum Gasteiger partial charge on any atom is -0.376 e. The van der Waals surface area contributed by atoms with Crippen LogP contribution in [0.5, 0.6) is 0 Å². The van der Waals surface area contributed by atoms with E-state index in [-0.39, 0.29) is 12.2 Å². The van der Waals surface area contributed by atoms with E-state index in [1.54, 1.807) is 31.2 Å². The Morgan fingerprint density at radius 2 is 1.91 bits per heavy atom. The van der Waals surface area contributed by atoms with Crippen molar-refractivity contribution in [1.82, 2.24) is 0 Å². The van der Waals surface area contributed by atoms with Crippen LogP contribution in [0.15, 0.2) is 42.5 Å². The maximum Gasteiger partial charge on any atom is 0.416 e. The van der Waals surface area contributed by atoms with Crippen LogP contribution in [0, 0.1) is 6.92 Å². The lowest BCUT2D eigenvalue weighted by molar-refractivity contribution is -0.137. The van der Waals surface area contributed by atoms with Gasteiger partial charge in [-0.2, -0.15) is 13.2 Å². The molecule has 0 heterocycles. The van der Waals surface area contributed by atoms with Crippen LogP contribution < -0.4 is 10.6 Å². The summed E-state index contributed by atoms with van der Waals surface area (Å²) >= 11 is 5.82. The first-order chi connectivity index (χ1) is 10.8. The molecule has 0 aromatic heterocycles. The van der Waals surface area contributed by atoms with Crippen molar-refractivity contribution >= 4 is 28.9 Å². The highest BCUT2D eigenvalue weighted by atomic mass is 35.5. The molecule has 2 aromatic carbocycles. The third-order valence-corrected chi connectivity index (χ3v) is 3.35. The molecule has 0 aliphatic heterocycles. The molecule has 23 heavy (non-hydrogen) atoms. The van der Waals surface area contributed by atoms with Gasteiger partial charge < -0.3 is 10.6 Å². The first-order valence-corrected chi connectivity index (χ1v) is 7.10. The van der Waals surface area contributed by atoms with Crippen LogP contribution in [-0.4, -0.2) is 12.5 Å². The third-order valence-electron chi connectivity index (χ3n) is 3.12. The molecular weight excluding hydrogens is 329 g/mol. The zero-order valence-corrected chi connectivity index (χ0v) is 12.9. The standard InChI is InChI=1S/C16H14ClF3N2O/c1-10-5-6-11(16(18,19)20)7-14(10)22-15(23)9-21-13-4-2-3-12(17)8-13/h2-8,21H,9H2,1H3,(H,22,23). The zero-order valence-electron chi connectivity index (χ0n) is 12.2. The van der Waals surface area contributed by atoms with Crippen molar-refractivity contribution in [1.29, 1.82) is 0 Å². The van der Waals surface area contributed by atoms with Crippen LogP contribution >= 0.6 is 11.6 Å². The number of halogens is 4. The number of anilines is 2. The summed E-state index contributed by atoms with van der Waals surface area (Å²) in [7, 11) is 0. The summed E-state index contributed by atoms with van der Waals surface area (Å²) in [5.74, 6) is -0.451. The van der Waals surface area contributed by atoms with Crippen molar-refractivity contribution in [2.24, 2.45) is 0 Å². The average Bonchev–Trinajstić information content (AvgIpc) is 2.46. The fourth-order valence-corrected chi connectivity index (χ4v) is 2.10. The number of nitrogens with one attached hydrogen (secondary N) is 2. The average molecular weight is 343 g/mol. The molecule has 0 fully saturated rings. The first-order valence-electron chi connectivity index (χ1n) is 6.73. The third kappa shape index (κ3) is 4.89. The normalized spacial score (nSPS) is 11.2. The highest BCUT2D eigenvalue weighted by Crippen LogP contribution is 2.32. The van der Waals surface area contributed by atoms with Crippen molar-refractivity contribution in [3.05, 3.63) is 58.6 Å².